The quantitative estimate of drug-likeness (QED) is 0.762. The van der Waals surface area contributed by atoms with E-state index >= 15 is 0 Å². The number of carboxylic acids is 1. The Kier molecular flexibility index (Phi) is 4.15. The lowest BCUT2D eigenvalue weighted by atomic mass is 9.98. The number of nitrogens with zero attached hydrogens (tertiary/aromatic N) is 1. The second-order valence-corrected chi connectivity index (χ2v) is 5.29. The van der Waals surface area contributed by atoms with Gasteiger partial charge in [-0.25, -0.2) is 0 Å². The van der Waals surface area contributed by atoms with E-state index in [4.69, 9.17) is 10.1 Å². The summed E-state index contributed by atoms with van der Waals surface area (Å²) in [6.45, 7) is 0. The average molecular weight is 291 g/mol. The number of hydrogen-bond acceptors (Lipinski definition) is 2. The third kappa shape index (κ3) is 3.14. The lowest BCUT2D eigenvalue weighted by Crippen LogP contribution is -2.00. The van der Waals surface area contributed by atoms with Crippen molar-refractivity contribution in [3.63, 3.8) is 0 Å². The first-order valence-corrected chi connectivity index (χ1v) is 7.40. The number of aliphatic carboxylic acids is 1. The molecule has 0 aliphatic carbocycles. The Morgan fingerprint density at radius 3 is 2.50 bits per heavy atom. The molecule has 110 valence electrons. The van der Waals surface area contributed by atoms with Crippen LogP contribution in [0.15, 0.2) is 60.7 Å². The van der Waals surface area contributed by atoms with Gasteiger partial charge in [-0.15, -0.1) is 0 Å². The van der Waals surface area contributed by atoms with E-state index in [0.29, 0.717) is 12.8 Å². The molecule has 0 atom stereocenters. The molecule has 1 aromatic heterocycles. The molecule has 0 saturated carbocycles. The maximum Gasteiger partial charge on any atom is 0.303 e. The van der Waals surface area contributed by atoms with Crippen LogP contribution >= 0.6 is 0 Å². The molecule has 1 heterocycles. The van der Waals surface area contributed by atoms with Gasteiger partial charge in [0.2, 0.25) is 0 Å². The van der Waals surface area contributed by atoms with Crippen molar-refractivity contribution >= 4 is 16.9 Å². The number of rotatable bonds is 5. The van der Waals surface area contributed by atoms with Gasteiger partial charge in [-0.05, 0) is 30.5 Å². The van der Waals surface area contributed by atoms with Gasteiger partial charge in [0.05, 0.1) is 5.52 Å². The van der Waals surface area contributed by atoms with Gasteiger partial charge in [0.25, 0.3) is 0 Å². The summed E-state index contributed by atoms with van der Waals surface area (Å²) in [6.07, 6.45) is 1.44. The van der Waals surface area contributed by atoms with Gasteiger partial charge in [0.15, 0.2) is 0 Å². The number of hydrogen-bond donors (Lipinski definition) is 1. The van der Waals surface area contributed by atoms with Gasteiger partial charge in [-0.1, -0.05) is 48.5 Å². The minimum absolute atomic E-state index is 0.169. The van der Waals surface area contributed by atoms with E-state index in [1.165, 1.54) is 0 Å². The van der Waals surface area contributed by atoms with Crippen LogP contribution in [0.5, 0.6) is 0 Å². The SMILES string of the molecule is O=C(O)CCCc1nc2ccccc2cc1-c1ccccc1. The Labute approximate surface area is 129 Å². The largest absolute Gasteiger partial charge is 0.481 e. The molecular formula is C19H17NO2. The third-order valence-corrected chi connectivity index (χ3v) is 3.69. The molecule has 2 aromatic carbocycles. The molecule has 22 heavy (non-hydrogen) atoms. The fraction of sp³-hybridized carbons (Fsp3) is 0.158. The average Bonchev–Trinajstić information content (AvgIpc) is 2.54. The molecule has 0 unspecified atom stereocenters. The number of aryl methyl sites for hydroxylation is 1. The summed E-state index contributed by atoms with van der Waals surface area (Å²) in [5.41, 5.74) is 4.12. The van der Waals surface area contributed by atoms with E-state index in [9.17, 15) is 4.79 Å². The first-order chi connectivity index (χ1) is 10.7. The third-order valence-electron chi connectivity index (χ3n) is 3.69. The van der Waals surface area contributed by atoms with Gasteiger partial charge in [-0.2, -0.15) is 0 Å². The topological polar surface area (TPSA) is 50.2 Å². The van der Waals surface area contributed by atoms with E-state index in [1.807, 2.05) is 36.4 Å². The summed E-state index contributed by atoms with van der Waals surface area (Å²) in [5.74, 6) is -0.762. The lowest BCUT2D eigenvalue weighted by molar-refractivity contribution is -0.137. The van der Waals surface area contributed by atoms with Crippen molar-refractivity contribution in [3.8, 4) is 11.1 Å². The molecule has 0 fully saturated rings. The lowest BCUT2D eigenvalue weighted by Gasteiger charge is -2.11. The van der Waals surface area contributed by atoms with Gasteiger partial charge in [0, 0.05) is 23.1 Å². The number of fused-ring (bicyclic) bond motifs is 1. The van der Waals surface area contributed by atoms with Crippen LogP contribution in [-0.4, -0.2) is 16.1 Å². The van der Waals surface area contributed by atoms with Crippen LogP contribution in [0.2, 0.25) is 0 Å². The normalized spacial score (nSPS) is 10.7. The molecule has 3 aromatic rings. The van der Waals surface area contributed by atoms with Gasteiger partial charge < -0.3 is 5.11 Å². The van der Waals surface area contributed by atoms with Crippen molar-refractivity contribution in [3.05, 3.63) is 66.4 Å². The molecule has 3 heteroatoms. The predicted octanol–water partition coefficient (Wildman–Crippen LogP) is 4.31. The van der Waals surface area contributed by atoms with Crippen LogP contribution in [0, 0.1) is 0 Å². The monoisotopic (exact) mass is 291 g/mol. The Morgan fingerprint density at radius 2 is 1.73 bits per heavy atom. The molecule has 0 bridgehead atoms. The molecule has 0 spiro atoms. The molecule has 0 radical (unpaired) electrons. The Morgan fingerprint density at radius 1 is 1.00 bits per heavy atom. The van der Waals surface area contributed by atoms with Crippen LogP contribution in [0.4, 0.5) is 0 Å². The molecule has 0 saturated heterocycles. The van der Waals surface area contributed by atoms with Crippen molar-refractivity contribution in [1.29, 1.82) is 0 Å². The Hall–Kier alpha value is -2.68. The number of benzene rings is 2. The standard InChI is InChI=1S/C19H17NO2/c21-19(22)12-6-11-18-16(14-7-2-1-3-8-14)13-15-9-4-5-10-17(15)20-18/h1-5,7-10,13H,6,11-12H2,(H,21,22). The minimum Gasteiger partial charge on any atom is -0.481 e. The predicted molar refractivity (Wildman–Crippen MR) is 87.8 cm³/mol. The number of carbonyl (C=O) groups is 1. The maximum absolute atomic E-state index is 10.7. The number of carboxylic acid groups (broad SMARTS) is 1. The summed E-state index contributed by atoms with van der Waals surface area (Å²) in [5, 5.41) is 9.93. The molecule has 0 amide bonds. The summed E-state index contributed by atoms with van der Waals surface area (Å²) in [4.78, 5) is 15.5. The Bertz CT molecular complexity index is 797. The number of aromatic nitrogens is 1. The van der Waals surface area contributed by atoms with Gasteiger partial charge >= 0.3 is 5.97 Å². The van der Waals surface area contributed by atoms with Gasteiger partial charge in [-0.3, -0.25) is 9.78 Å². The van der Waals surface area contributed by atoms with Crippen LogP contribution in [-0.2, 0) is 11.2 Å². The summed E-state index contributed by atoms with van der Waals surface area (Å²) in [6, 6.07) is 20.3. The van der Waals surface area contributed by atoms with Crippen molar-refractivity contribution in [1.82, 2.24) is 4.98 Å². The van der Waals surface area contributed by atoms with Crippen molar-refractivity contribution in [2.45, 2.75) is 19.3 Å². The van der Waals surface area contributed by atoms with E-state index in [2.05, 4.69) is 24.3 Å². The van der Waals surface area contributed by atoms with Crippen LogP contribution < -0.4 is 0 Å². The van der Waals surface area contributed by atoms with E-state index < -0.39 is 5.97 Å². The van der Waals surface area contributed by atoms with Gasteiger partial charge in [0.1, 0.15) is 0 Å². The smallest absolute Gasteiger partial charge is 0.303 e. The number of pyridine rings is 1. The van der Waals surface area contributed by atoms with E-state index in [-0.39, 0.29) is 6.42 Å². The van der Waals surface area contributed by atoms with E-state index in [0.717, 1.165) is 27.7 Å². The van der Waals surface area contributed by atoms with Crippen LogP contribution in [0.1, 0.15) is 18.5 Å². The highest BCUT2D eigenvalue weighted by molar-refractivity contribution is 5.85. The summed E-state index contributed by atoms with van der Waals surface area (Å²) in [7, 11) is 0. The zero-order valence-electron chi connectivity index (χ0n) is 12.2. The molecule has 0 aliphatic heterocycles. The van der Waals surface area contributed by atoms with Crippen LogP contribution in [0.25, 0.3) is 22.0 Å². The molecular weight excluding hydrogens is 274 g/mol. The number of para-hydroxylation sites is 1. The summed E-state index contributed by atoms with van der Waals surface area (Å²) < 4.78 is 0. The van der Waals surface area contributed by atoms with Crippen molar-refractivity contribution in [2.75, 3.05) is 0 Å². The zero-order chi connectivity index (χ0) is 15.4. The first-order valence-electron chi connectivity index (χ1n) is 7.40. The second kappa shape index (κ2) is 6.39. The van der Waals surface area contributed by atoms with Crippen LogP contribution in [0.3, 0.4) is 0 Å². The highest BCUT2D eigenvalue weighted by Gasteiger charge is 2.09. The van der Waals surface area contributed by atoms with Crippen molar-refractivity contribution < 1.29 is 9.90 Å². The Balaban J connectivity index is 2.04. The highest BCUT2D eigenvalue weighted by atomic mass is 16.4. The fourth-order valence-corrected chi connectivity index (χ4v) is 2.62. The second-order valence-electron chi connectivity index (χ2n) is 5.29. The molecule has 3 nitrogen and oxygen atoms in total. The fourth-order valence-electron chi connectivity index (χ4n) is 2.62. The minimum atomic E-state index is -0.762. The molecule has 0 aliphatic rings. The highest BCUT2D eigenvalue weighted by Crippen LogP contribution is 2.27. The molecule has 3 rings (SSSR count). The van der Waals surface area contributed by atoms with E-state index in [1.54, 1.807) is 0 Å². The van der Waals surface area contributed by atoms with Crippen molar-refractivity contribution in [2.24, 2.45) is 0 Å². The molecule has 1 N–H and O–H groups in total. The summed E-state index contributed by atoms with van der Waals surface area (Å²) >= 11 is 0. The maximum atomic E-state index is 10.7. The first kappa shape index (κ1) is 14.3. The zero-order valence-corrected chi connectivity index (χ0v) is 12.2.